The Morgan fingerprint density at radius 1 is 0.625 bits per heavy atom. The second-order valence-corrected chi connectivity index (χ2v) is 10.1. The zero-order chi connectivity index (χ0) is 24.2. The summed E-state index contributed by atoms with van der Waals surface area (Å²) in [5.41, 5.74) is 0. The van der Waals surface area contributed by atoms with Gasteiger partial charge in [0.25, 0.3) is 0 Å². The van der Waals surface area contributed by atoms with Crippen LogP contribution in [0.1, 0.15) is 131 Å². The summed E-state index contributed by atoms with van der Waals surface area (Å²) in [6.45, 7) is 14.2. The summed E-state index contributed by atoms with van der Waals surface area (Å²) in [6, 6.07) is 0. The third-order valence-electron chi connectivity index (χ3n) is 6.48. The molecule has 2 unspecified atom stereocenters. The van der Waals surface area contributed by atoms with Gasteiger partial charge in [0.1, 0.15) is 0 Å². The molecule has 0 aromatic heterocycles. The molecule has 0 bridgehead atoms. The highest BCUT2D eigenvalue weighted by molar-refractivity contribution is 5.73. The van der Waals surface area contributed by atoms with Crippen LogP contribution in [0.15, 0.2) is 0 Å². The summed E-state index contributed by atoms with van der Waals surface area (Å²) >= 11 is 0. The average Bonchev–Trinajstić information content (AvgIpc) is 2.74. The molecule has 0 saturated carbocycles. The van der Waals surface area contributed by atoms with Gasteiger partial charge >= 0.3 is 11.9 Å². The first-order valence-corrected chi connectivity index (χ1v) is 13.7. The summed E-state index contributed by atoms with van der Waals surface area (Å²) in [6.07, 6.45) is 15.2. The van der Waals surface area contributed by atoms with E-state index in [9.17, 15) is 9.59 Å². The maximum atomic E-state index is 12.7. The van der Waals surface area contributed by atoms with Crippen molar-refractivity contribution >= 4 is 11.9 Å². The van der Waals surface area contributed by atoms with E-state index in [0.717, 1.165) is 44.9 Å². The van der Waals surface area contributed by atoms with Gasteiger partial charge in [-0.15, -0.1) is 0 Å². The van der Waals surface area contributed by atoms with E-state index in [4.69, 9.17) is 9.47 Å². The molecule has 0 aromatic carbocycles. The largest absolute Gasteiger partial charge is 0.466 e. The van der Waals surface area contributed by atoms with Gasteiger partial charge in [0.2, 0.25) is 0 Å². The van der Waals surface area contributed by atoms with Crippen LogP contribution in [0.4, 0.5) is 0 Å². The van der Waals surface area contributed by atoms with Gasteiger partial charge in [0.05, 0.1) is 19.1 Å². The number of hydrogen-bond donors (Lipinski definition) is 0. The number of hydrogen-bond acceptors (Lipinski definition) is 4. The van der Waals surface area contributed by atoms with Crippen molar-refractivity contribution in [2.45, 2.75) is 131 Å². The Bertz CT molecular complexity index is 458. The van der Waals surface area contributed by atoms with Gasteiger partial charge in [0.15, 0.2) is 0 Å². The zero-order valence-electron chi connectivity index (χ0n) is 22.3. The lowest BCUT2D eigenvalue weighted by Gasteiger charge is -2.31. The maximum absolute atomic E-state index is 12.7. The van der Waals surface area contributed by atoms with Gasteiger partial charge in [-0.2, -0.15) is 0 Å². The number of unbranched alkanes of at least 4 members (excludes halogenated alkanes) is 9. The predicted molar refractivity (Wildman–Crippen MR) is 135 cm³/mol. The van der Waals surface area contributed by atoms with Crippen molar-refractivity contribution in [1.82, 2.24) is 0 Å². The number of esters is 2. The van der Waals surface area contributed by atoms with Crippen LogP contribution in [0.5, 0.6) is 0 Å². The minimum atomic E-state index is -0.0351. The summed E-state index contributed by atoms with van der Waals surface area (Å²) in [5.74, 6) is 1.21. The van der Waals surface area contributed by atoms with Crippen molar-refractivity contribution in [3.8, 4) is 0 Å². The summed E-state index contributed by atoms with van der Waals surface area (Å²) in [4.78, 5) is 24.3. The molecule has 0 radical (unpaired) electrons. The van der Waals surface area contributed by atoms with Gasteiger partial charge in [-0.3, -0.25) is 9.59 Å². The third kappa shape index (κ3) is 15.7. The highest BCUT2D eigenvalue weighted by Crippen LogP contribution is 2.33. The van der Waals surface area contributed by atoms with Gasteiger partial charge in [-0.1, -0.05) is 99.3 Å². The van der Waals surface area contributed by atoms with Crippen LogP contribution < -0.4 is 0 Å². The molecule has 0 aromatic rings. The van der Waals surface area contributed by atoms with Crippen LogP contribution in [0, 0.1) is 23.7 Å². The molecular formula is C28H54O4. The van der Waals surface area contributed by atoms with Crippen molar-refractivity contribution in [3.63, 3.8) is 0 Å². The lowest BCUT2D eigenvalue weighted by molar-refractivity contribution is -0.153. The van der Waals surface area contributed by atoms with E-state index in [1.54, 1.807) is 0 Å². The van der Waals surface area contributed by atoms with Gasteiger partial charge in [-0.25, -0.2) is 0 Å². The Morgan fingerprint density at radius 2 is 1.12 bits per heavy atom. The number of carbonyl (C=O) groups is 2. The SMILES string of the molecule is CCCCOC(=O)CCCCCCCCCCC(C(C)C)C(C(=O)OCCCC)C(C)C. The van der Waals surface area contributed by atoms with Gasteiger partial charge in [-0.05, 0) is 43.4 Å². The molecule has 0 saturated heterocycles. The second kappa shape index (κ2) is 20.5. The van der Waals surface area contributed by atoms with Crippen LogP contribution >= 0.6 is 0 Å². The van der Waals surface area contributed by atoms with Crippen molar-refractivity contribution in [1.29, 1.82) is 0 Å². The fourth-order valence-electron chi connectivity index (χ4n) is 4.39. The first-order chi connectivity index (χ1) is 15.3. The normalized spacial score (nSPS) is 13.4. The molecule has 0 N–H and O–H groups in total. The quantitative estimate of drug-likeness (QED) is 0.130. The molecule has 0 heterocycles. The van der Waals surface area contributed by atoms with Crippen molar-refractivity contribution < 1.29 is 19.1 Å². The topological polar surface area (TPSA) is 52.6 Å². The van der Waals surface area contributed by atoms with Crippen molar-refractivity contribution in [3.05, 3.63) is 0 Å². The van der Waals surface area contributed by atoms with Crippen LogP contribution in [-0.2, 0) is 19.1 Å². The van der Waals surface area contributed by atoms with Crippen LogP contribution in [-0.4, -0.2) is 25.2 Å². The van der Waals surface area contributed by atoms with E-state index < -0.39 is 0 Å². The highest BCUT2D eigenvalue weighted by atomic mass is 16.5. The molecule has 0 aliphatic rings. The average molecular weight is 455 g/mol. The number of carbonyl (C=O) groups excluding carboxylic acids is 2. The Hall–Kier alpha value is -1.06. The van der Waals surface area contributed by atoms with E-state index in [2.05, 4.69) is 41.5 Å². The zero-order valence-corrected chi connectivity index (χ0v) is 22.3. The third-order valence-corrected chi connectivity index (χ3v) is 6.48. The first-order valence-electron chi connectivity index (χ1n) is 13.7. The Balaban J connectivity index is 4.01. The summed E-state index contributed by atoms with van der Waals surface area (Å²) in [7, 11) is 0. The molecule has 0 rings (SSSR count). The van der Waals surface area contributed by atoms with E-state index in [1.165, 1.54) is 38.5 Å². The molecule has 32 heavy (non-hydrogen) atoms. The Kier molecular flexibility index (Phi) is 19.9. The molecule has 0 aliphatic heterocycles. The van der Waals surface area contributed by atoms with Crippen LogP contribution in [0.3, 0.4) is 0 Å². The number of rotatable bonds is 21. The van der Waals surface area contributed by atoms with Crippen molar-refractivity contribution in [2.75, 3.05) is 13.2 Å². The lowest BCUT2D eigenvalue weighted by atomic mass is 9.74. The lowest BCUT2D eigenvalue weighted by Crippen LogP contribution is -2.33. The molecule has 0 fully saturated rings. The molecule has 4 heteroatoms. The summed E-state index contributed by atoms with van der Waals surface area (Å²) in [5, 5.41) is 0. The second-order valence-electron chi connectivity index (χ2n) is 10.1. The monoisotopic (exact) mass is 454 g/mol. The van der Waals surface area contributed by atoms with E-state index >= 15 is 0 Å². The van der Waals surface area contributed by atoms with E-state index in [1.807, 2.05) is 0 Å². The van der Waals surface area contributed by atoms with Crippen LogP contribution in [0.25, 0.3) is 0 Å². The summed E-state index contributed by atoms with van der Waals surface area (Å²) < 4.78 is 10.8. The molecule has 0 amide bonds. The van der Waals surface area contributed by atoms with Gasteiger partial charge in [0, 0.05) is 6.42 Å². The minimum absolute atomic E-state index is 0.0144. The minimum Gasteiger partial charge on any atom is -0.466 e. The molecule has 0 aliphatic carbocycles. The Morgan fingerprint density at radius 3 is 1.62 bits per heavy atom. The molecule has 0 spiro atoms. The fourth-order valence-corrected chi connectivity index (χ4v) is 4.39. The molecule has 2 atom stereocenters. The fraction of sp³-hybridized carbons (Fsp3) is 0.929. The van der Waals surface area contributed by atoms with Gasteiger partial charge < -0.3 is 9.47 Å². The molecular weight excluding hydrogens is 400 g/mol. The maximum Gasteiger partial charge on any atom is 0.309 e. The van der Waals surface area contributed by atoms with E-state index in [-0.39, 0.29) is 17.9 Å². The Labute approximate surface area is 199 Å². The first kappa shape index (κ1) is 30.9. The smallest absolute Gasteiger partial charge is 0.309 e. The van der Waals surface area contributed by atoms with E-state index in [0.29, 0.717) is 37.4 Å². The standard InChI is InChI=1S/C28H54O4/c1-7-9-21-31-26(29)20-18-16-14-12-11-13-15-17-19-25(23(3)4)27(24(5)6)28(30)32-22-10-8-2/h23-25,27H,7-22H2,1-6H3. The molecule has 190 valence electrons. The molecule has 4 nitrogen and oxygen atoms in total. The predicted octanol–water partition coefficient (Wildman–Crippen LogP) is 8.12. The highest BCUT2D eigenvalue weighted by Gasteiger charge is 2.33. The van der Waals surface area contributed by atoms with Crippen molar-refractivity contribution in [2.24, 2.45) is 23.7 Å². The number of ether oxygens (including phenoxy) is 2. The van der Waals surface area contributed by atoms with Crippen LogP contribution in [0.2, 0.25) is 0 Å².